The van der Waals surface area contributed by atoms with Crippen LogP contribution in [0.5, 0.6) is 0 Å². The minimum Gasteiger partial charge on any atom is -0.379 e. The quantitative estimate of drug-likeness (QED) is 0.734. The number of benzene rings is 1. The van der Waals surface area contributed by atoms with Gasteiger partial charge in [-0.3, -0.25) is 14.9 Å². The van der Waals surface area contributed by atoms with Crippen molar-refractivity contribution in [2.45, 2.75) is 38.1 Å². The van der Waals surface area contributed by atoms with Crippen molar-refractivity contribution in [1.29, 1.82) is 0 Å². The second kappa shape index (κ2) is 7.36. The van der Waals surface area contributed by atoms with E-state index in [-0.39, 0.29) is 17.9 Å². The smallest absolute Gasteiger partial charge is 0.272 e. The van der Waals surface area contributed by atoms with E-state index in [1.165, 1.54) is 10.9 Å². The van der Waals surface area contributed by atoms with E-state index >= 15 is 0 Å². The molecule has 0 radical (unpaired) electrons. The normalized spacial score (nSPS) is 21.6. The largest absolute Gasteiger partial charge is 0.379 e. The van der Waals surface area contributed by atoms with Crippen LogP contribution < -0.4 is 5.32 Å². The highest BCUT2D eigenvalue weighted by atomic mass is 16.5. The van der Waals surface area contributed by atoms with E-state index in [4.69, 9.17) is 4.74 Å². The second-order valence-corrected chi connectivity index (χ2v) is 7.81. The van der Waals surface area contributed by atoms with Crippen molar-refractivity contribution >= 4 is 16.8 Å². The van der Waals surface area contributed by atoms with Crippen LogP contribution in [0.4, 0.5) is 0 Å². The SMILES string of the molecule is O=C(N[C@@H]1COC[C@H]1Cc1ccnc2ccccc12)c1n[nH]c2c1CCCC2. The molecule has 0 spiro atoms. The highest BCUT2D eigenvalue weighted by Gasteiger charge is 2.32. The molecule has 1 aliphatic heterocycles. The molecule has 1 aliphatic carbocycles. The van der Waals surface area contributed by atoms with E-state index in [0.717, 1.165) is 48.9 Å². The molecule has 5 rings (SSSR count). The number of aryl methyl sites for hydroxylation is 1. The highest BCUT2D eigenvalue weighted by molar-refractivity contribution is 5.94. The predicted octanol–water partition coefficient (Wildman–Crippen LogP) is 2.82. The maximum atomic E-state index is 12.9. The zero-order chi connectivity index (χ0) is 18.9. The summed E-state index contributed by atoms with van der Waals surface area (Å²) < 4.78 is 5.73. The Kier molecular flexibility index (Phi) is 4.56. The van der Waals surface area contributed by atoms with Gasteiger partial charge in [-0.05, 0) is 49.8 Å². The van der Waals surface area contributed by atoms with Gasteiger partial charge in [-0.15, -0.1) is 0 Å². The van der Waals surface area contributed by atoms with E-state index in [0.29, 0.717) is 18.9 Å². The fourth-order valence-corrected chi connectivity index (χ4v) is 4.48. The number of carbonyl (C=O) groups excluding carboxylic acids is 1. The zero-order valence-electron chi connectivity index (χ0n) is 15.8. The number of rotatable bonds is 4. The van der Waals surface area contributed by atoms with Crippen molar-refractivity contribution in [3.05, 3.63) is 59.0 Å². The lowest BCUT2D eigenvalue weighted by atomic mass is 9.92. The third-order valence-corrected chi connectivity index (χ3v) is 6.01. The summed E-state index contributed by atoms with van der Waals surface area (Å²) in [6.45, 7) is 1.20. The predicted molar refractivity (Wildman–Crippen MR) is 106 cm³/mol. The van der Waals surface area contributed by atoms with Crippen LogP contribution in [0.1, 0.15) is 40.2 Å². The molecular formula is C22H24N4O2. The van der Waals surface area contributed by atoms with Gasteiger partial charge in [0, 0.05) is 28.8 Å². The molecule has 2 aliphatic rings. The van der Waals surface area contributed by atoms with Crippen molar-refractivity contribution < 1.29 is 9.53 Å². The average molecular weight is 376 g/mol. The molecule has 1 saturated heterocycles. The first-order chi connectivity index (χ1) is 13.8. The molecule has 6 nitrogen and oxygen atoms in total. The van der Waals surface area contributed by atoms with Crippen LogP contribution in [0, 0.1) is 5.92 Å². The lowest BCUT2D eigenvalue weighted by molar-refractivity contribution is 0.0919. The molecule has 1 fully saturated rings. The first-order valence-electron chi connectivity index (χ1n) is 10.1. The number of nitrogens with one attached hydrogen (secondary N) is 2. The van der Waals surface area contributed by atoms with Gasteiger partial charge < -0.3 is 10.1 Å². The van der Waals surface area contributed by atoms with Gasteiger partial charge in [0.2, 0.25) is 0 Å². The number of hydrogen-bond donors (Lipinski definition) is 2. The number of H-pyrrole nitrogens is 1. The summed E-state index contributed by atoms with van der Waals surface area (Å²) in [7, 11) is 0. The number of para-hydroxylation sites is 1. The molecule has 144 valence electrons. The van der Waals surface area contributed by atoms with E-state index in [9.17, 15) is 4.79 Å². The number of aromatic nitrogens is 3. The number of carbonyl (C=O) groups is 1. The Hall–Kier alpha value is -2.73. The zero-order valence-corrected chi connectivity index (χ0v) is 15.8. The van der Waals surface area contributed by atoms with Crippen LogP contribution in [-0.4, -0.2) is 40.3 Å². The number of hydrogen-bond acceptors (Lipinski definition) is 4. The van der Waals surface area contributed by atoms with Crippen molar-refractivity contribution in [2.24, 2.45) is 5.92 Å². The summed E-state index contributed by atoms with van der Waals surface area (Å²) >= 11 is 0. The number of aromatic amines is 1. The molecule has 0 bridgehead atoms. The number of ether oxygens (including phenoxy) is 1. The van der Waals surface area contributed by atoms with Gasteiger partial charge in [-0.1, -0.05) is 18.2 Å². The summed E-state index contributed by atoms with van der Waals surface area (Å²) in [6.07, 6.45) is 6.91. The molecule has 6 heteroatoms. The van der Waals surface area contributed by atoms with Crippen LogP contribution in [0.15, 0.2) is 36.5 Å². The van der Waals surface area contributed by atoms with Crippen LogP contribution in [0.25, 0.3) is 10.9 Å². The number of pyridine rings is 1. The van der Waals surface area contributed by atoms with Crippen LogP contribution in [0.3, 0.4) is 0 Å². The maximum Gasteiger partial charge on any atom is 0.272 e. The lowest BCUT2D eigenvalue weighted by Crippen LogP contribution is -2.41. The molecule has 2 N–H and O–H groups in total. The third kappa shape index (κ3) is 3.18. The van der Waals surface area contributed by atoms with Crippen molar-refractivity contribution in [3.8, 4) is 0 Å². The number of amides is 1. The summed E-state index contributed by atoms with van der Waals surface area (Å²) in [6, 6.07) is 10.3. The molecule has 0 unspecified atom stereocenters. The molecule has 3 heterocycles. The summed E-state index contributed by atoms with van der Waals surface area (Å²) in [5.74, 6) is 0.156. The van der Waals surface area contributed by atoms with Gasteiger partial charge in [0.1, 0.15) is 0 Å². The van der Waals surface area contributed by atoms with Crippen LogP contribution in [-0.2, 0) is 24.0 Å². The van der Waals surface area contributed by atoms with E-state index < -0.39 is 0 Å². The Morgan fingerprint density at radius 1 is 1.18 bits per heavy atom. The number of nitrogens with zero attached hydrogens (tertiary/aromatic N) is 2. The Bertz CT molecular complexity index is 1010. The molecular weight excluding hydrogens is 352 g/mol. The van der Waals surface area contributed by atoms with Crippen LogP contribution >= 0.6 is 0 Å². The van der Waals surface area contributed by atoms with E-state index in [1.807, 2.05) is 24.4 Å². The Labute approximate surface area is 163 Å². The molecule has 2 aromatic heterocycles. The van der Waals surface area contributed by atoms with E-state index in [1.54, 1.807) is 0 Å². The van der Waals surface area contributed by atoms with Gasteiger partial charge >= 0.3 is 0 Å². The first kappa shape index (κ1) is 17.4. The van der Waals surface area contributed by atoms with Crippen molar-refractivity contribution in [3.63, 3.8) is 0 Å². The molecule has 1 amide bonds. The summed E-state index contributed by atoms with van der Waals surface area (Å²) in [5, 5.41) is 11.7. The van der Waals surface area contributed by atoms with Crippen LogP contribution in [0.2, 0.25) is 0 Å². The third-order valence-electron chi connectivity index (χ3n) is 6.01. The Balaban J connectivity index is 1.33. The van der Waals surface area contributed by atoms with Gasteiger partial charge in [0.15, 0.2) is 5.69 Å². The first-order valence-corrected chi connectivity index (χ1v) is 10.1. The minimum atomic E-state index is -0.0838. The second-order valence-electron chi connectivity index (χ2n) is 7.81. The average Bonchev–Trinajstić information content (AvgIpc) is 3.35. The lowest BCUT2D eigenvalue weighted by Gasteiger charge is -2.20. The minimum absolute atomic E-state index is 0.00429. The van der Waals surface area contributed by atoms with Gasteiger partial charge in [0.25, 0.3) is 5.91 Å². The fraction of sp³-hybridized carbons (Fsp3) is 0.409. The molecule has 0 saturated carbocycles. The molecule has 2 atom stereocenters. The number of fused-ring (bicyclic) bond motifs is 2. The summed E-state index contributed by atoms with van der Waals surface area (Å²) in [4.78, 5) is 17.3. The topological polar surface area (TPSA) is 79.9 Å². The van der Waals surface area contributed by atoms with Gasteiger partial charge in [0.05, 0.1) is 24.8 Å². The van der Waals surface area contributed by atoms with Gasteiger partial charge in [-0.2, -0.15) is 5.10 Å². The summed E-state index contributed by atoms with van der Waals surface area (Å²) in [5.41, 5.74) is 5.04. The molecule has 1 aromatic carbocycles. The Morgan fingerprint density at radius 3 is 3.04 bits per heavy atom. The maximum absolute atomic E-state index is 12.9. The Morgan fingerprint density at radius 2 is 2.07 bits per heavy atom. The standard InChI is InChI=1S/C22H24N4O2/c27-22(21-17-6-2-4-8-19(17)25-26-21)24-20-13-28-12-15(20)11-14-9-10-23-18-7-3-1-5-16(14)18/h1,3,5,7,9-10,15,20H,2,4,6,8,11-13H2,(H,24,27)(H,25,26)/t15-,20-/m1/s1. The van der Waals surface area contributed by atoms with Gasteiger partial charge in [-0.25, -0.2) is 0 Å². The monoisotopic (exact) mass is 376 g/mol. The highest BCUT2D eigenvalue weighted by Crippen LogP contribution is 2.25. The van der Waals surface area contributed by atoms with Crippen molar-refractivity contribution in [1.82, 2.24) is 20.5 Å². The molecule has 28 heavy (non-hydrogen) atoms. The molecule has 3 aromatic rings. The van der Waals surface area contributed by atoms with Crippen molar-refractivity contribution in [2.75, 3.05) is 13.2 Å². The van der Waals surface area contributed by atoms with E-state index in [2.05, 4.69) is 32.6 Å². The fourth-order valence-electron chi connectivity index (χ4n) is 4.48.